The number of anilines is 2. The molecule has 0 saturated carbocycles. The molecule has 36 heavy (non-hydrogen) atoms. The van der Waals surface area contributed by atoms with E-state index in [1.54, 1.807) is 0 Å². The Morgan fingerprint density at radius 1 is 0.722 bits per heavy atom. The Morgan fingerprint density at radius 2 is 1.25 bits per heavy atom. The molecule has 2 N–H and O–H groups in total. The molecule has 0 aliphatic heterocycles. The molecule has 4 heteroatoms. The Morgan fingerprint density at radius 3 is 1.75 bits per heavy atom. The van der Waals surface area contributed by atoms with Gasteiger partial charge in [-0.3, -0.25) is 9.88 Å². The second-order valence-electron chi connectivity index (χ2n) is 10.9. The standard InChI is InChI=1S/C32H46N4/c1-22(2)29-19-25(6)20-30(23(3)4)32(29)35-14-16-36(21-28-11-9-10-12-33-28)15-13-34-31-26(7)17-24(5)18-27(31)8/h9-12,17-20,22-23,34-35H,13-16,21H2,1-8H3. The number of aryl methyl sites for hydroxylation is 4. The first kappa shape index (κ1) is 27.7. The Labute approximate surface area is 219 Å². The Bertz CT molecular complexity index is 1070. The maximum Gasteiger partial charge on any atom is 0.0543 e. The summed E-state index contributed by atoms with van der Waals surface area (Å²) in [5.41, 5.74) is 11.8. The van der Waals surface area contributed by atoms with E-state index in [4.69, 9.17) is 0 Å². The van der Waals surface area contributed by atoms with Gasteiger partial charge < -0.3 is 10.6 Å². The summed E-state index contributed by atoms with van der Waals surface area (Å²) in [7, 11) is 0. The summed E-state index contributed by atoms with van der Waals surface area (Å²) in [5, 5.41) is 7.54. The van der Waals surface area contributed by atoms with Gasteiger partial charge in [0, 0.05) is 50.3 Å². The summed E-state index contributed by atoms with van der Waals surface area (Å²) < 4.78 is 0. The van der Waals surface area contributed by atoms with Crippen LogP contribution in [0.1, 0.15) is 78.6 Å². The summed E-state index contributed by atoms with van der Waals surface area (Å²) in [5.74, 6) is 0.972. The zero-order valence-corrected chi connectivity index (χ0v) is 23.7. The van der Waals surface area contributed by atoms with Crippen LogP contribution < -0.4 is 10.6 Å². The molecule has 0 radical (unpaired) electrons. The van der Waals surface area contributed by atoms with Crippen LogP contribution in [0, 0.1) is 27.7 Å². The van der Waals surface area contributed by atoms with Gasteiger partial charge in [-0.1, -0.05) is 69.2 Å². The van der Waals surface area contributed by atoms with E-state index < -0.39 is 0 Å². The number of aromatic nitrogens is 1. The molecule has 3 aromatic rings. The normalized spacial score (nSPS) is 11.5. The fourth-order valence-corrected chi connectivity index (χ4v) is 5.09. The van der Waals surface area contributed by atoms with Crippen molar-refractivity contribution in [3.63, 3.8) is 0 Å². The van der Waals surface area contributed by atoms with Gasteiger partial charge in [0.05, 0.1) is 5.69 Å². The van der Waals surface area contributed by atoms with E-state index in [1.165, 1.54) is 44.8 Å². The summed E-state index contributed by atoms with van der Waals surface area (Å²) in [6, 6.07) is 15.4. The van der Waals surface area contributed by atoms with E-state index in [0.29, 0.717) is 11.8 Å². The minimum atomic E-state index is 0.486. The monoisotopic (exact) mass is 486 g/mol. The molecule has 0 spiro atoms. The third-order valence-electron chi connectivity index (χ3n) is 6.84. The van der Waals surface area contributed by atoms with Crippen molar-refractivity contribution in [2.24, 2.45) is 0 Å². The minimum Gasteiger partial charge on any atom is -0.383 e. The van der Waals surface area contributed by atoms with Gasteiger partial charge in [-0.05, 0) is 73.9 Å². The Hall–Kier alpha value is -2.85. The molecular formula is C32H46N4. The average Bonchev–Trinajstić information content (AvgIpc) is 2.81. The second kappa shape index (κ2) is 12.9. The van der Waals surface area contributed by atoms with E-state index >= 15 is 0 Å². The van der Waals surface area contributed by atoms with Crippen LogP contribution >= 0.6 is 0 Å². The first-order valence-corrected chi connectivity index (χ1v) is 13.5. The lowest BCUT2D eigenvalue weighted by molar-refractivity contribution is 0.283. The quantitative estimate of drug-likeness (QED) is 0.277. The molecule has 0 unspecified atom stereocenters. The van der Waals surface area contributed by atoms with E-state index in [9.17, 15) is 0 Å². The van der Waals surface area contributed by atoms with Crippen molar-refractivity contribution in [1.29, 1.82) is 0 Å². The van der Waals surface area contributed by atoms with Gasteiger partial charge in [0.25, 0.3) is 0 Å². The summed E-state index contributed by atoms with van der Waals surface area (Å²) in [4.78, 5) is 7.09. The van der Waals surface area contributed by atoms with Crippen LogP contribution in [0.25, 0.3) is 0 Å². The zero-order valence-electron chi connectivity index (χ0n) is 23.7. The maximum absolute atomic E-state index is 4.59. The lowest BCUT2D eigenvalue weighted by Crippen LogP contribution is -2.33. The first-order valence-electron chi connectivity index (χ1n) is 13.5. The van der Waals surface area contributed by atoms with Crippen molar-refractivity contribution < 1.29 is 0 Å². The second-order valence-corrected chi connectivity index (χ2v) is 10.9. The van der Waals surface area contributed by atoms with Gasteiger partial charge in [0.2, 0.25) is 0 Å². The van der Waals surface area contributed by atoms with Crippen molar-refractivity contribution in [3.05, 3.63) is 87.7 Å². The van der Waals surface area contributed by atoms with Gasteiger partial charge in [-0.2, -0.15) is 0 Å². The van der Waals surface area contributed by atoms with Crippen molar-refractivity contribution in [3.8, 4) is 0 Å². The lowest BCUT2D eigenvalue weighted by Gasteiger charge is -2.26. The first-order chi connectivity index (χ1) is 17.2. The molecule has 0 atom stereocenters. The largest absolute Gasteiger partial charge is 0.383 e. The number of nitrogens with zero attached hydrogens (tertiary/aromatic N) is 2. The van der Waals surface area contributed by atoms with Crippen LogP contribution in [0.15, 0.2) is 48.7 Å². The summed E-state index contributed by atoms with van der Waals surface area (Å²) in [6.07, 6.45) is 1.89. The molecule has 2 aromatic carbocycles. The van der Waals surface area contributed by atoms with Crippen LogP contribution in [-0.4, -0.2) is 36.1 Å². The van der Waals surface area contributed by atoms with Gasteiger partial charge in [-0.25, -0.2) is 0 Å². The van der Waals surface area contributed by atoms with E-state index in [1.807, 2.05) is 12.3 Å². The van der Waals surface area contributed by atoms with Crippen molar-refractivity contribution in [1.82, 2.24) is 9.88 Å². The molecule has 0 bridgehead atoms. The van der Waals surface area contributed by atoms with Gasteiger partial charge in [0.15, 0.2) is 0 Å². The van der Waals surface area contributed by atoms with Gasteiger partial charge in [-0.15, -0.1) is 0 Å². The number of rotatable bonds is 12. The number of hydrogen-bond donors (Lipinski definition) is 2. The molecule has 4 nitrogen and oxygen atoms in total. The zero-order chi connectivity index (χ0) is 26.2. The predicted octanol–water partition coefficient (Wildman–Crippen LogP) is 7.59. The fraction of sp³-hybridized carbons (Fsp3) is 0.469. The number of hydrogen-bond acceptors (Lipinski definition) is 4. The van der Waals surface area contributed by atoms with Crippen molar-refractivity contribution in [2.45, 2.75) is 73.8 Å². The lowest BCUT2D eigenvalue weighted by atomic mass is 9.90. The highest BCUT2D eigenvalue weighted by molar-refractivity contribution is 5.61. The Kier molecular flexibility index (Phi) is 9.95. The van der Waals surface area contributed by atoms with E-state index in [2.05, 4.69) is 112 Å². The molecule has 0 amide bonds. The molecular weight excluding hydrogens is 440 g/mol. The van der Waals surface area contributed by atoms with Gasteiger partial charge >= 0.3 is 0 Å². The molecule has 0 aliphatic rings. The van der Waals surface area contributed by atoms with Crippen molar-refractivity contribution >= 4 is 11.4 Å². The van der Waals surface area contributed by atoms with Crippen LogP contribution in [0.5, 0.6) is 0 Å². The third kappa shape index (κ3) is 7.57. The summed E-state index contributed by atoms with van der Waals surface area (Å²) >= 11 is 0. The molecule has 194 valence electrons. The topological polar surface area (TPSA) is 40.2 Å². The highest BCUT2D eigenvalue weighted by Gasteiger charge is 2.16. The number of pyridine rings is 1. The maximum atomic E-state index is 4.59. The average molecular weight is 487 g/mol. The van der Waals surface area contributed by atoms with E-state index in [0.717, 1.165) is 38.4 Å². The Balaban J connectivity index is 1.71. The SMILES string of the molecule is Cc1cc(C)c(NCCN(CCNc2c(C(C)C)cc(C)cc2C(C)C)Cc2ccccn2)c(C)c1. The highest BCUT2D eigenvalue weighted by atomic mass is 15.2. The molecule has 0 saturated heterocycles. The summed E-state index contributed by atoms with van der Waals surface area (Å²) in [6.45, 7) is 22.5. The van der Waals surface area contributed by atoms with Crippen molar-refractivity contribution in [2.75, 3.05) is 36.8 Å². The molecule has 1 aromatic heterocycles. The van der Waals surface area contributed by atoms with Crippen LogP contribution in [0.2, 0.25) is 0 Å². The molecule has 1 heterocycles. The smallest absolute Gasteiger partial charge is 0.0543 e. The van der Waals surface area contributed by atoms with Crippen LogP contribution in [-0.2, 0) is 6.54 Å². The van der Waals surface area contributed by atoms with Crippen LogP contribution in [0.4, 0.5) is 11.4 Å². The molecule has 0 aliphatic carbocycles. The highest BCUT2D eigenvalue weighted by Crippen LogP contribution is 2.33. The predicted molar refractivity (Wildman–Crippen MR) is 157 cm³/mol. The van der Waals surface area contributed by atoms with E-state index in [-0.39, 0.29) is 0 Å². The van der Waals surface area contributed by atoms with Crippen LogP contribution in [0.3, 0.4) is 0 Å². The minimum absolute atomic E-state index is 0.486. The fourth-order valence-electron chi connectivity index (χ4n) is 5.09. The number of benzene rings is 2. The number of nitrogens with one attached hydrogen (secondary N) is 2. The van der Waals surface area contributed by atoms with Gasteiger partial charge in [0.1, 0.15) is 0 Å². The molecule has 0 fully saturated rings. The molecule has 3 rings (SSSR count). The third-order valence-corrected chi connectivity index (χ3v) is 6.84.